The third-order valence-corrected chi connectivity index (χ3v) is 5.56. The Kier molecular flexibility index (Phi) is 2.49. The molecule has 0 unspecified atom stereocenters. The number of hydrogen-bond acceptors (Lipinski definition) is 3. The van der Waals surface area contributed by atoms with Gasteiger partial charge in [0.05, 0.1) is 0 Å². The van der Waals surface area contributed by atoms with E-state index in [2.05, 4.69) is 4.18 Å². The van der Waals surface area contributed by atoms with Crippen LogP contribution in [-0.4, -0.2) is 30.0 Å². The maximum atomic E-state index is 11.5. The fourth-order valence-electron chi connectivity index (χ4n) is 1.25. The molecule has 14 heavy (non-hydrogen) atoms. The Morgan fingerprint density at radius 3 is 2.79 bits per heavy atom. The first-order valence-corrected chi connectivity index (χ1v) is 7.17. The van der Waals surface area contributed by atoms with Crippen LogP contribution in [0.4, 0.5) is 0 Å². The van der Waals surface area contributed by atoms with E-state index in [-0.39, 0.29) is 14.5 Å². The van der Waals surface area contributed by atoms with Crippen LogP contribution in [0.15, 0.2) is 34.1 Å². The van der Waals surface area contributed by atoms with Crippen molar-refractivity contribution in [2.75, 3.05) is 7.11 Å². The average molecular weight is 275 g/mol. The van der Waals surface area contributed by atoms with E-state index < -0.39 is 10.1 Å². The normalized spacial score (nSPS) is 12.1. The predicted molar refractivity (Wildman–Crippen MR) is 55.1 cm³/mol. The van der Waals surface area contributed by atoms with E-state index in [1.54, 1.807) is 12.1 Å². The summed E-state index contributed by atoms with van der Waals surface area (Å²) < 4.78 is 28.4. The Balaban J connectivity index is 2.81. The summed E-state index contributed by atoms with van der Waals surface area (Å²) in [4.78, 5) is 2.31. The van der Waals surface area contributed by atoms with Crippen molar-refractivity contribution >= 4 is 34.3 Å². The minimum atomic E-state index is -3.55. The number of hydrogen-bond donors (Lipinski definition) is 0. The fourth-order valence-corrected chi connectivity index (χ4v) is 4.61. The summed E-state index contributed by atoms with van der Waals surface area (Å²) >= 11 is 0.109. The van der Waals surface area contributed by atoms with E-state index in [0.717, 1.165) is 9.65 Å². The van der Waals surface area contributed by atoms with Gasteiger partial charge in [-0.1, -0.05) is 0 Å². The molecule has 0 spiro atoms. The molecule has 1 aromatic heterocycles. The molecular weight excluding hydrogens is 267 g/mol. The molecule has 0 aliphatic rings. The first-order valence-electron chi connectivity index (χ1n) is 3.92. The van der Waals surface area contributed by atoms with Crippen molar-refractivity contribution in [2.24, 2.45) is 0 Å². The Morgan fingerprint density at radius 2 is 2.07 bits per heavy atom. The second-order valence-electron chi connectivity index (χ2n) is 2.72. The van der Waals surface area contributed by atoms with Gasteiger partial charge in [0.15, 0.2) is 0 Å². The van der Waals surface area contributed by atoms with Gasteiger partial charge in [-0.25, -0.2) is 0 Å². The van der Waals surface area contributed by atoms with E-state index in [4.69, 9.17) is 0 Å². The van der Waals surface area contributed by atoms with Gasteiger partial charge in [-0.3, -0.25) is 0 Å². The molecule has 0 aliphatic carbocycles. The van der Waals surface area contributed by atoms with Crippen molar-refractivity contribution < 1.29 is 12.6 Å². The summed E-state index contributed by atoms with van der Waals surface area (Å²) in [6.45, 7) is 0. The molecule has 0 aliphatic heterocycles. The molecule has 2 rings (SSSR count). The summed E-state index contributed by atoms with van der Waals surface area (Å²) in [7, 11) is -2.36. The molecule has 3 nitrogen and oxygen atoms in total. The van der Waals surface area contributed by atoms with Crippen LogP contribution in [0, 0.1) is 0 Å². The van der Waals surface area contributed by atoms with Crippen molar-refractivity contribution in [3.05, 3.63) is 29.2 Å². The third kappa shape index (κ3) is 1.53. The van der Waals surface area contributed by atoms with E-state index in [9.17, 15) is 8.42 Å². The van der Waals surface area contributed by atoms with Gasteiger partial charge < -0.3 is 0 Å². The molecule has 0 N–H and O–H groups in total. The number of fused-ring (bicyclic) bond motifs is 1. The predicted octanol–water partition coefficient (Wildman–Crippen LogP) is 1.23. The summed E-state index contributed by atoms with van der Waals surface area (Å²) in [6, 6.07) is 7.18. The molecular formula is C9H8O3SSe. The Bertz CT molecular complexity index is 556. The Hall–Kier alpha value is -0.611. The monoisotopic (exact) mass is 276 g/mol. The standard InChI is InChI=1S/C9H8O3SSe/c1-12-13(10,11)8-4-2-3-7-5-6-14-9(7)8/h2-6H,1H3. The molecule has 74 valence electrons. The van der Waals surface area contributed by atoms with Crippen LogP contribution in [-0.2, 0) is 14.3 Å². The van der Waals surface area contributed by atoms with Crippen LogP contribution in [0.2, 0.25) is 0 Å². The molecule has 2 aromatic rings. The third-order valence-electron chi connectivity index (χ3n) is 1.93. The molecule has 0 radical (unpaired) electrons. The van der Waals surface area contributed by atoms with Gasteiger partial charge in [0.1, 0.15) is 0 Å². The van der Waals surface area contributed by atoms with Crippen molar-refractivity contribution in [1.82, 2.24) is 0 Å². The average Bonchev–Trinajstić information content (AvgIpc) is 2.64. The molecule has 0 saturated heterocycles. The molecule has 5 heteroatoms. The van der Waals surface area contributed by atoms with Crippen molar-refractivity contribution in [2.45, 2.75) is 4.90 Å². The topological polar surface area (TPSA) is 43.4 Å². The van der Waals surface area contributed by atoms with E-state index >= 15 is 0 Å². The van der Waals surface area contributed by atoms with Gasteiger partial charge in [0.2, 0.25) is 0 Å². The molecule has 0 fully saturated rings. The van der Waals surface area contributed by atoms with Gasteiger partial charge in [-0.05, 0) is 0 Å². The second kappa shape index (κ2) is 3.51. The second-order valence-corrected chi connectivity index (χ2v) is 6.32. The van der Waals surface area contributed by atoms with Gasteiger partial charge in [0, 0.05) is 0 Å². The summed E-state index contributed by atoms with van der Waals surface area (Å²) in [6.07, 6.45) is 0. The van der Waals surface area contributed by atoms with Gasteiger partial charge in [-0.2, -0.15) is 0 Å². The summed E-state index contributed by atoms with van der Waals surface area (Å²) in [5.41, 5.74) is 0. The zero-order chi connectivity index (χ0) is 10.2. The van der Waals surface area contributed by atoms with E-state index in [0.29, 0.717) is 4.90 Å². The zero-order valence-corrected chi connectivity index (χ0v) is 9.96. The summed E-state index contributed by atoms with van der Waals surface area (Å²) in [5, 5.41) is 0.989. The van der Waals surface area contributed by atoms with Crippen LogP contribution in [0.25, 0.3) is 9.65 Å². The Labute approximate surface area is 88.2 Å². The van der Waals surface area contributed by atoms with E-state index in [1.165, 1.54) is 7.11 Å². The molecule has 1 heterocycles. The first-order chi connectivity index (χ1) is 6.65. The maximum absolute atomic E-state index is 11.5. The van der Waals surface area contributed by atoms with Crippen LogP contribution >= 0.6 is 0 Å². The van der Waals surface area contributed by atoms with Crippen LogP contribution < -0.4 is 0 Å². The Morgan fingerprint density at radius 1 is 1.29 bits per heavy atom. The van der Waals surface area contributed by atoms with Gasteiger partial charge >= 0.3 is 88.1 Å². The fraction of sp³-hybridized carbons (Fsp3) is 0.111. The van der Waals surface area contributed by atoms with Crippen LogP contribution in [0.1, 0.15) is 0 Å². The molecule has 0 saturated carbocycles. The molecule has 0 bridgehead atoms. The SMILES string of the molecule is COS(=O)(=O)c1cccc2cc[se]c12. The van der Waals surface area contributed by atoms with Crippen LogP contribution in [0.3, 0.4) is 0 Å². The minimum absolute atomic E-state index is 0.109. The van der Waals surface area contributed by atoms with Crippen LogP contribution in [0.5, 0.6) is 0 Å². The zero-order valence-electron chi connectivity index (χ0n) is 7.43. The van der Waals surface area contributed by atoms with Gasteiger partial charge in [-0.15, -0.1) is 0 Å². The number of rotatable bonds is 2. The quantitative estimate of drug-likeness (QED) is 0.611. The number of benzene rings is 1. The van der Waals surface area contributed by atoms with Crippen molar-refractivity contribution in [1.29, 1.82) is 0 Å². The molecule has 0 atom stereocenters. The molecule has 0 amide bonds. The van der Waals surface area contributed by atoms with Crippen molar-refractivity contribution in [3.63, 3.8) is 0 Å². The van der Waals surface area contributed by atoms with Gasteiger partial charge in [0.25, 0.3) is 0 Å². The summed E-state index contributed by atoms with van der Waals surface area (Å²) in [5.74, 6) is 0. The first kappa shape index (κ1) is 9.93. The van der Waals surface area contributed by atoms with Crippen molar-refractivity contribution in [3.8, 4) is 0 Å². The van der Waals surface area contributed by atoms with E-state index in [1.807, 2.05) is 17.1 Å². The molecule has 1 aromatic carbocycles.